The fourth-order valence-corrected chi connectivity index (χ4v) is 2.67. The van der Waals surface area contributed by atoms with Gasteiger partial charge in [0.05, 0.1) is 37.9 Å². The quantitative estimate of drug-likeness (QED) is 0.399. The second kappa shape index (κ2) is 17.9. The second-order valence-electron chi connectivity index (χ2n) is 4.61. The van der Waals surface area contributed by atoms with Gasteiger partial charge in [0.15, 0.2) is 0 Å². The van der Waals surface area contributed by atoms with Crippen molar-refractivity contribution in [1.82, 2.24) is 10.6 Å². The molecule has 0 radical (unpaired) electrons. The van der Waals surface area contributed by atoms with Crippen LogP contribution in [0.1, 0.15) is 20.3 Å². The Bertz CT molecular complexity index is 307. The fraction of sp³-hybridized carbons (Fsp3) is 0.867. The third kappa shape index (κ3) is 17.7. The van der Waals surface area contributed by atoms with Crippen LogP contribution in [0.15, 0.2) is 0 Å². The van der Waals surface area contributed by atoms with Crippen LogP contribution in [0.2, 0.25) is 0 Å². The van der Waals surface area contributed by atoms with E-state index in [9.17, 15) is 9.59 Å². The first-order chi connectivity index (χ1) is 11.2. The summed E-state index contributed by atoms with van der Waals surface area (Å²) >= 11 is 3.24. The molecular formula is C15H30N2O4S2. The summed E-state index contributed by atoms with van der Waals surface area (Å²) in [6, 6.07) is 0. The topological polar surface area (TPSA) is 76.7 Å². The molecule has 0 rings (SSSR count). The van der Waals surface area contributed by atoms with Crippen molar-refractivity contribution >= 4 is 35.3 Å². The Morgan fingerprint density at radius 1 is 0.826 bits per heavy atom. The van der Waals surface area contributed by atoms with Gasteiger partial charge < -0.3 is 20.1 Å². The molecule has 0 saturated heterocycles. The van der Waals surface area contributed by atoms with Crippen molar-refractivity contribution < 1.29 is 19.1 Å². The average Bonchev–Trinajstić information content (AvgIpc) is 2.54. The van der Waals surface area contributed by atoms with Gasteiger partial charge in [-0.05, 0) is 17.9 Å². The molecule has 0 saturated carbocycles. The van der Waals surface area contributed by atoms with Crippen molar-refractivity contribution in [2.45, 2.75) is 20.3 Å². The van der Waals surface area contributed by atoms with E-state index in [0.29, 0.717) is 51.0 Å². The summed E-state index contributed by atoms with van der Waals surface area (Å²) in [4.78, 5) is 22.7. The van der Waals surface area contributed by atoms with Crippen LogP contribution in [0, 0.1) is 0 Å². The average molecular weight is 367 g/mol. The number of carbonyl (C=O) groups is 2. The van der Waals surface area contributed by atoms with Gasteiger partial charge in [-0.3, -0.25) is 9.59 Å². The monoisotopic (exact) mass is 366 g/mol. The molecule has 2 N–H and O–H groups in total. The highest BCUT2D eigenvalue weighted by Crippen LogP contribution is 2.00. The van der Waals surface area contributed by atoms with Gasteiger partial charge >= 0.3 is 0 Å². The number of ether oxygens (including phenoxy) is 2. The van der Waals surface area contributed by atoms with Gasteiger partial charge in [0.2, 0.25) is 11.8 Å². The molecule has 0 aromatic rings. The number of rotatable bonds is 16. The number of hydrogen-bond acceptors (Lipinski definition) is 6. The predicted octanol–water partition coefficient (Wildman–Crippen LogP) is 1.15. The molecule has 6 nitrogen and oxygen atoms in total. The smallest absolute Gasteiger partial charge is 0.230 e. The van der Waals surface area contributed by atoms with Gasteiger partial charge in [-0.1, -0.05) is 13.8 Å². The summed E-state index contributed by atoms with van der Waals surface area (Å²) in [7, 11) is 0. The van der Waals surface area contributed by atoms with E-state index in [2.05, 4.69) is 17.6 Å². The Balaban J connectivity index is 3.18. The maximum atomic E-state index is 11.4. The minimum atomic E-state index is 0.0459. The van der Waals surface area contributed by atoms with Crippen LogP contribution in [0.25, 0.3) is 0 Å². The van der Waals surface area contributed by atoms with Crippen molar-refractivity contribution in [2.75, 3.05) is 62.5 Å². The molecule has 0 aromatic carbocycles. The summed E-state index contributed by atoms with van der Waals surface area (Å²) in [6.07, 6.45) is 1.09. The fourth-order valence-electron chi connectivity index (χ4n) is 1.45. The highest BCUT2D eigenvalue weighted by Gasteiger charge is 2.00. The van der Waals surface area contributed by atoms with Gasteiger partial charge in [-0.2, -0.15) is 23.5 Å². The molecule has 136 valence electrons. The van der Waals surface area contributed by atoms with Crippen LogP contribution >= 0.6 is 23.5 Å². The van der Waals surface area contributed by atoms with Crippen LogP contribution in [0.5, 0.6) is 0 Å². The molecule has 23 heavy (non-hydrogen) atoms. The summed E-state index contributed by atoms with van der Waals surface area (Å²) in [5.41, 5.74) is 0. The van der Waals surface area contributed by atoms with Crippen LogP contribution in [0.3, 0.4) is 0 Å². The Hall–Kier alpha value is -0.440. The number of nitrogens with one attached hydrogen (secondary N) is 2. The van der Waals surface area contributed by atoms with Crippen LogP contribution in [0.4, 0.5) is 0 Å². The van der Waals surface area contributed by atoms with Gasteiger partial charge in [-0.15, -0.1) is 0 Å². The molecule has 0 aliphatic heterocycles. The number of amides is 2. The third-order valence-electron chi connectivity index (χ3n) is 2.53. The molecule has 0 aliphatic rings. The van der Waals surface area contributed by atoms with E-state index in [0.717, 1.165) is 17.9 Å². The summed E-state index contributed by atoms with van der Waals surface area (Å²) in [6.45, 7) is 7.11. The zero-order valence-electron chi connectivity index (χ0n) is 14.2. The second-order valence-corrected chi connectivity index (χ2v) is 6.99. The summed E-state index contributed by atoms with van der Waals surface area (Å²) in [5.74, 6) is 3.07. The van der Waals surface area contributed by atoms with Gasteiger partial charge in [0.1, 0.15) is 0 Å². The van der Waals surface area contributed by atoms with E-state index < -0.39 is 0 Å². The Kier molecular flexibility index (Phi) is 17.6. The lowest BCUT2D eigenvalue weighted by Crippen LogP contribution is -2.30. The normalized spacial score (nSPS) is 10.5. The summed E-state index contributed by atoms with van der Waals surface area (Å²) in [5, 5.41) is 5.59. The molecule has 0 heterocycles. The Labute approximate surface area is 148 Å². The third-order valence-corrected chi connectivity index (χ3v) is 4.57. The summed E-state index contributed by atoms with van der Waals surface area (Å²) < 4.78 is 10.7. The molecule has 2 amide bonds. The molecule has 0 aromatic heterocycles. The molecule has 8 heteroatoms. The highest BCUT2D eigenvalue weighted by molar-refractivity contribution is 8.00. The zero-order valence-corrected chi connectivity index (χ0v) is 15.9. The highest BCUT2D eigenvalue weighted by atomic mass is 32.2. The number of carbonyl (C=O) groups excluding carboxylic acids is 2. The van der Waals surface area contributed by atoms with Crippen molar-refractivity contribution in [3.8, 4) is 0 Å². The van der Waals surface area contributed by atoms with Crippen molar-refractivity contribution in [3.05, 3.63) is 0 Å². The number of thioether (sulfide) groups is 2. The maximum Gasteiger partial charge on any atom is 0.230 e. The first-order valence-corrected chi connectivity index (χ1v) is 10.4. The lowest BCUT2D eigenvalue weighted by molar-refractivity contribution is -0.119. The van der Waals surface area contributed by atoms with Crippen molar-refractivity contribution in [1.29, 1.82) is 0 Å². The molecule has 0 fully saturated rings. The minimum absolute atomic E-state index is 0.0459. The SMILES string of the molecule is CCCSCC(=O)NCCOCCOCCNC(=O)CSCC. The minimum Gasteiger partial charge on any atom is -0.377 e. The lowest BCUT2D eigenvalue weighted by Gasteiger charge is -2.08. The maximum absolute atomic E-state index is 11.4. The largest absolute Gasteiger partial charge is 0.377 e. The molecule has 0 aliphatic carbocycles. The van der Waals surface area contributed by atoms with Gasteiger partial charge in [0, 0.05) is 13.1 Å². The standard InChI is InChI=1S/C15H30N2O4S2/c1-3-11-23-13-15(19)17-6-8-21-10-9-20-7-5-16-14(18)12-22-4-2/h3-13H2,1-2H3,(H,16,18)(H,17,19). The van der Waals surface area contributed by atoms with Crippen molar-refractivity contribution in [3.63, 3.8) is 0 Å². The predicted molar refractivity (Wildman–Crippen MR) is 98.3 cm³/mol. The van der Waals surface area contributed by atoms with Gasteiger partial charge in [-0.25, -0.2) is 0 Å². The van der Waals surface area contributed by atoms with E-state index in [1.807, 2.05) is 6.92 Å². The van der Waals surface area contributed by atoms with Crippen LogP contribution < -0.4 is 10.6 Å². The Morgan fingerprint density at radius 2 is 1.35 bits per heavy atom. The first-order valence-electron chi connectivity index (χ1n) is 8.05. The first kappa shape index (κ1) is 22.6. The van der Waals surface area contributed by atoms with Gasteiger partial charge in [0.25, 0.3) is 0 Å². The molecule has 0 unspecified atom stereocenters. The van der Waals surface area contributed by atoms with E-state index in [1.54, 1.807) is 23.5 Å². The molecule has 0 atom stereocenters. The van der Waals surface area contributed by atoms with E-state index in [4.69, 9.17) is 9.47 Å². The molecule has 0 spiro atoms. The van der Waals surface area contributed by atoms with E-state index in [1.165, 1.54) is 0 Å². The zero-order chi connectivity index (χ0) is 17.2. The van der Waals surface area contributed by atoms with Crippen LogP contribution in [-0.4, -0.2) is 74.3 Å². The van der Waals surface area contributed by atoms with Crippen LogP contribution in [-0.2, 0) is 19.1 Å². The Morgan fingerprint density at radius 3 is 1.83 bits per heavy atom. The van der Waals surface area contributed by atoms with E-state index >= 15 is 0 Å². The molecule has 0 bridgehead atoms. The number of hydrogen-bond donors (Lipinski definition) is 2. The van der Waals surface area contributed by atoms with E-state index in [-0.39, 0.29) is 11.8 Å². The molecular weight excluding hydrogens is 336 g/mol. The van der Waals surface area contributed by atoms with Crippen molar-refractivity contribution in [2.24, 2.45) is 0 Å². The lowest BCUT2D eigenvalue weighted by atomic mass is 10.6.